The second-order valence-electron chi connectivity index (χ2n) is 2.49. The first-order chi connectivity index (χ1) is 6.20. The Morgan fingerprint density at radius 1 is 1.62 bits per heavy atom. The first kappa shape index (κ1) is 7.53. The van der Waals surface area contributed by atoms with Gasteiger partial charge in [0.05, 0.1) is 0 Å². The molecule has 13 heavy (non-hydrogen) atoms. The lowest BCUT2D eigenvalue weighted by Gasteiger charge is -1.90. The third kappa shape index (κ3) is 0.994. The van der Waals surface area contributed by atoms with E-state index >= 15 is 0 Å². The maximum absolute atomic E-state index is 11.2. The van der Waals surface area contributed by atoms with Crippen molar-refractivity contribution in [2.75, 3.05) is 0 Å². The molecule has 0 spiro atoms. The molecule has 2 heterocycles. The number of hydrogen-bond acceptors (Lipinski definition) is 3. The first-order valence-electron chi connectivity index (χ1n) is 3.55. The topological polar surface area (TPSA) is 93.3 Å². The fraction of sp³-hybridized carbons (Fsp3) is 0. The van der Waals surface area contributed by atoms with E-state index in [0.717, 1.165) is 4.52 Å². The van der Waals surface area contributed by atoms with E-state index in [1.54, 1.807) is 0 Å². The number of carbonyl (C=O) groups is 1. The Hall–Kier alpha value is -2.11. The van der Waals surface area contributed by atoms with Crippen molar-refractivity contribution >= 4 is 11.6 Å². The van der Waals surface area contributed by atoms with E-state index in [9.17, 15) is 9.59 Å². The standard InChI is InChI=1S/C7H6N4O2/c8-6(13)4-3-10-11-5(12)1-2-9-7(4)11/h1-3,10H,(H2,8,13). The van der Waals surface area contributed by atoms with Gasteiger partial charge in [0.15, 0.2) is 5.65 Å². The first-order valence-corrected chi connectivity index (χ1v) is 3.55. The van der Waals surface area contributed by atoms with Crippen LogP contribution in [-0.2, 0) is 0 Å². The van der Waals surface area contributed by atoms with Crippen LogP contribution in [0.4, 0.5) is 0 Å². The molecular formula is C7H6N4O2. The van der Waals surface area contributed by atoms with Crippen LogP contribution in [0, 0.1) is 0 Å². The Bertz CT molecular complexity index is 525. The molecule has 0 radical (unpaired) electrons. The summed E-state index contributed by atoms with van der Waals surface area (Å²) in [5.74, 6) is -0.614. The van der Waals surface area contributed by atoms with Crippen molar-refractivity contribution in [3.05, 3.63) is 34.4 Å². The van der Waals surface area contributed by atoms with E-state index in [0.29, 0.717) is 0 Å². The normalized spacial score (nSPS) is 10.5. The van der Waals surface area contributed by atoms with Crippen LogP contribution in [-0.4, -0.2) is 20.5 Å². The third-order valence-electron chi connectivity index (χ3n) is 1.69. The molecule has 0 atom stereocenters. The number of rotatable bonds is 1. The van der Waals surface area contributed by atoms with Gasteiger partial charge >= 0.3 is 0 Å². The van der Waals surface area contributed by atoms with Gasteiger partial charge in [0.1, 0.15) is 5.56 Å². The number of aromatic nitrogens is 3. The highest BCUT2D eigenvalue weighted by atomic mass is 16.1. The van der Waals surface area contributed by atoms with Crippen LogP contribution >= 0.6 is 0 Å². The van der Waals surface area contributed by atoms with Crippen LogP contribution in [0.15, 0.2) is 23.3 Å². The lowest BCUT2D eigenvalue weighted by Crippen LogP contribution is -2.15. The molecule has 2 aromatic rings. The number of primary amides is 1. The lowest BCUT2D eigenvalue weighted by molar-refractivity contribution is 0.100. The van der Waals surface area contributed by atoms with Crippen molar-refractivity contribution < 1.29 is 4.79 Å². The SMILES string of the molecule is NC(=O)c1c[nH]n2c(=O)ccnc12. The van der Waals surface area contributed by atoms with Crippen LogP contribution in [0.25, 0.3) is 5.65 Å². The number of carbonyl (C=O) groups excluding carboxylic acids is 1. The van der Waals surface area contributed by atoms with Crippen molar-refractivity contribution in [2.24, 2.45) is 5.73 Å². The van der Waals surface area contributed by atoms with Crippen molar-refractivity contribution in [3.8, 4) is 0 Å². The van der Waals surface area contributed by atoms with E-state index in [4.69, 9.17) is 5.73 Å². The zero-order valence-corrected chi connectivity index (χ0v) is 6.52. The van der Waals surface area contributed by atoms with Gasteiger partial charge in [-0.2, -0.15) is 0 Å². The number of H-pyrrole nitrogens is 1. The number of amides is 1. The highest BCUT2D eigenvalue weighted by Gasteiger charge is 2.09. The van der Waals surface area contributed by atoms with E-state index in [1.165, 1.54) is 18.5 Å². The van der Waals surface area contributed by atoms with Crippen LogP contribution in [0.2, 0.25) is 0 Å². The van der Waals surface area contributed by atoms with Crippen molar-refractivity contribution in [1.29, 1.82) is 0 Å². The van der Waals surface area contributed by atoms with Crippen LogP contribution in [0.5, 0.6) is 0 Å². The quantitative estimate of drug-likeness (QED) is 0.593. The van der Waals surface area contributed by atoms with E-state index in [-0.39, 0.29) is 16.8 Å². The molecule has 0 aliphatic heterocycles. The zero-order valence-electron chi connectivity index (χ0n) is 6.52. The summed E-state index contributed by atoms with van der Waals surface area (Å²) in [6, 6.07) is 1.29. The summed E-state index contributed by atoms with van der Waals surface area (Å²) in [7, 11) is 0. The third-order valence-corrected chi connectivity index (χ3v) is 1.69. The van der Waals surface area contributed by atoms with Gasteiger partial charge in [-0.3, -0.25) is 14.7 Å². The predicted molar refractivity (Wildman–Crippen MR) is 44.3 cm³/mol. The molecule has 6 nitrogen and oxygen atoms in total. The molecule has 2 rings (SSSR count). The Balaban J connectivity index is 2.91. The van der Waals surface area contributed by atoms with Crippen molar-refractivity contribution in [3.63, 3.8) is 0 Å². The predicted octanol–water partition coefficient (Wildman–Crippen LogP) is -0.879. The van der Waals surface area contributed by atoms with Gasteiger partial charge in [0, 0.05) is 18.5 Å². The number of nitrogens with zero attached hydrogens (tertiary/aromatic N) is 2. The molecule has 0 aliphatic carbocycles. The lowest BCUT2D eigenvalue weighted by atomic mass is 10.3. The molecular weight excluding hydrogens is 172 g/mol. The summed E-state index contributed by atoms with van der Waals surface area (Å²) in [6.07, 6.45) is 2.68. The van der Waals surface area contributed by atoms with Gasteiger partial charge in [0.2, 0.25) is 0 Å². The van der Waals surface area contributed by atoms with Crippen LogP contribution < -0.4 is 11.3 Å². The van der Waals surface area contributed by atoms with Gasteiger partial charge in [-0.1, -0.05) is 0 Å². The molecule has 0 saturated carbocycles. The Morgan fingerprint density at radius 2 is 2.38 bits per heavy atom. The summed E-state index contributed by atoms with van der Waals surface area (Å²) >= 11 is 0. The average molecular weight is 178 g/mol. The molecule has 6 heteroatoms. The van der Waals surface area contributed by atoms with Gasteiger partial charge in [0.25, 0.3) is 11.5 Å². The molecule has 0 fully saturated rings. The number of nitrogens with one attached hydrogen (secondary N) is 1. The summed E-state index contributed by atoms with van der Waals surface area (Å²) in [5, 5.41) is 2.58. The van der Waals surface area contributed by atoms with Gasteiger partial charge in [-0.15, -0.1) is 0 Å². The minimum atomic E-state index is -0.614. The average Bonchev–Trinajstić information content (AvgIpc) is 2.48. The highest BCUT2D eigenvalue weighted by molar-refractivity contribution is 5.98. The summed E-state index contributed by atoms with van der Waals surface area (Å²) in [4.78, 5) is 25.8. The van der Waals surface area contributed by atoms with E-state index < -0.39 is 5.91 Å². The zero-order chi connectivity index (χ0) is 9.42. The second kappa shape index (κ2) is 2.44. The Morgan fingerprint density at radius 3 is 3.08 bits per heavy atom. The van der Waals surface area contributed by atoms with E-state index in [1.807, 2.05) is 0 Å². The monoisotopic (exact) mass is 178 g/mol. The van der Waals surface area contributed by atoms with Crippen LogP contribution in [0.1, 0.15) is 10.4 Å². The van der Waals surface area contributed by atoms with Crippen LogP contribution in [0.3, 0.4) is 0 Å². The summed E-state index contributed by atoms with van der Waals surface area (Å²) in [5.41, 5.74) is 5.24. The number of fused-ring (bicyclic) bond motifs is 1. The maximum Gasteiger partial charge on any atom is 0.272 e. The highest BCUT2D eigenvalue weighted by Crippen LogP contribution is 2.02. The number of hydrogen-bond donors (Lipinski definition) is 2. The summed E-state index contributed by atoms with van der Waals surface area (Å²) in [6.45, 7) is 0. The second-order valence-corrected chi connectivity index (χ2v) is 2.49. The fourth-order valence-electron chi connectivity index (χ4n) is 1.10. The number of aromatic amines is 1. The molecule has 1 amide bonds. The van der Waals surface area contributed by atoms with Gasteiger partial charge in [-0.05, 0) is 0 Å². The smallest absolute Gasteiger partial charge is 0.272 e. The molecule has 0 bridgehead atoms. The van der Waals surface area contributed by atoms with E-state index in [2.05, 4.69) is 10.1 Å². The molecule has 3 N–H and O–H groups in total. The number of nitrogens with two attached hydrogens (primary N) is 1. The fourth-order valence-corrected chi connectivity index (χ4v) is 1.10. The van der Waals surface area contributed by atoms with Crippen molar-refractivity contribution in [2.45, 2.75) is 0 Å². The minimum absolute atomic E-state index is 0.206. The largest absolute Gasteiger partial charge is 0.365 e. The van der Waals surface area contributed by atoms with Crippen molar-refractivity contribution in [1.82, 2.24) is 14.6 Å². The maximum atomic E-state index is 11.2. The minimum Gasteiger partial charge on any atom is -0.365 e. The summed E-state index contributed by atoms with van der Waals surface area (Å²) < 4.78 is 1.15. The molecule has 0 aliphatic rings. The Labute approximate surface area is 72.0 Å². The molecule has 0 aromatic carbocycles. The molecule has 2 aromatic heterocycles. The van der Waals surface area contributed by atoms with Gasteiger partial charge < -0.3 is 5.73 Å². The molecule has 0 saturated heterocycles. The van der Waals surface area contributed by atoms with Gasteiger partial charge in [-0.25, -0.2) is 9.50 Å². The Kier molecular flexibility index (Phi) is 1.42. The molecule has 66 valence electrons. The molecule has 0 unspecified atom stereocenters.